The van der Waals surface area contributed by atoms with E-state index in [0.29, 0.717) is 32.5 Å². The van der Waals surface area contributed by atoms with Crippen molar-refractivity contribution in [2.75, 3.05) is 39.6 Å². The Morgan fingerprint density at radius 3 is 0.669 bits per heavy atom. The third kappa shape index (κ3) is 40.6. The molecule has 12 rings (SSSR count). The summed E-state index contributed by atoms with van der Waals surface area (Å²) in [5.74, 6) is 0.778. The largest absolute Gasteiger partial charge is 0.463 e. The van der Waals surface area contributed by atoms with Crippen molar-refractivity contribution in [2.24, 2.45) is 11.8 Å². The number of carbonyl (C=O) groups is 3. The molecular formula is C112H164O21. The molecule has 0 radical (unpaired) electrons. The molecule has 3 N–H and O–H groups in total. The van der Waals surface area contributed by atoms with Gasteiger partial charge in [-0.25, -0.2) is 0 Å². The van der Waals surface area contributed by atoms with Crippen molar-refractivity contribution in [3.63, 3.8) is 0 Å². The third-order valence-electron chi connectivity index (χ3n) is 26.0. The molecule has 0 saturated carbocycles. The van der Waals surface area contributed by atoms with Gasteiger partial charge in [0.1, 0.15) is 93.1 Å². The van der Waals surface area contributed by atoms with Gasteiger partial charge in [0, 0.05) is 52.6 Å². The zero-order valence-corrected chi connectivity index (χ0v) is 81.0. The number of unbranched alkanes of at least 4 members (excludes halogenated alkanes) is 34. The molecule has 6 heterocycles. The normalized spacial score (nSPS) is 24.0. The second-order valence-corrected chi connectivity index (χ2v) is 38.2. The van der Waals surface area contributed by atoms with Crippen molar-refractivity contribution < 1.29 is 101 Å². The maximum Gasteiger partial charge on any atom is 0.305 e. The van der Waals surface area contributed by atoms with Crippen molar-refractivity contribution in [1.29, 1.82) is 0 Å². The lowest BCUT2D eigenvalue weighted by Gasteiger charge is -2.47. The lowest BCUT2D eigenvalue weighted by Crippen LogP contribution is -2.58. The van der Waals surface area contributed by atoms with E-state index in [1.54, 1.807) is 0 Å². The minimum Gasteiger partial charge on any atom is -0.463 e. The summed E-state index contributed by atoms with van der Waals surface area (Å²) in [4.78, 5) is 37.5. The topological polar surface area (TPSA) is 250 Å². The molecule has 0 aliphatic carbocycles. The summed E-state index contributed by atoms with van der Waals surface area (Å²) in [6.45, 7) is 11.9. The first-order valence-electron chi connectivity index (χ1n) is 51.7. The zero-order valence-electron chi connectivity index (χ0n) is 81.0. The number of benzene rings is 6. The van der Waals surface area contributed by atoms with Crippen LogP contribution in [0.1, 0.15) is 375 Å². The quantitative estimate of drug-likeness (QED) is 0.0182. The number of aliphatic hydroxyl groups excluding tert-OH is 3. The lowest BCUT2D eigenvalue weighted by molar-refractivity contribution is -0.373. The lowest BCUT2D eigenvalue weighted by atomic mass is 9.99. The van der Waals surface area contributed by atoms with Gasteiger partial charge in [0.2, 0.25) is 0 Å². The molecule has 6 aromatic carbocycles. The van der Waals surface area contributed by atoms with Gasteiger partial charge in [-0.3, -0.25) is 14.4 Å². The monoisotopic (exact) mass is 1850 g/mol. The third-order valence-corrected chi connectivity index (χ3v) is 26.0. The molecule has 738 valence electrons. The number of hydrogen-bond acceptors (Lipinski definition) is 21. The molecule has 0 aromatic heterocycles. The fraction of sp³-hybridized carbons (Fsp3) is 0.652. The van der Waals surface area contributed by atoms with E-state index >= 15 is 0 Å². The van der Waals surface area contributed by atoms with Crippen LogP contribution in [0.5, 0.6) is 0 Å². The minimum absolute atomic E-state index is 0.160. The average molecular weight is 1850 g/mol. The standard InChI is InChI=1S/2C38H56O7.C36H52O7/c1-29(2)21-15-11-9-7-5-3-4-6-8-10-12-20-26-34(40)41-27-32(39)35-36-33(43-38(44-35)31-24-18-14-19-25-31)28-42-37(45-36)30-22-16-13-17-23-30;1-2-3-4-5-6-7-8-9-10-11-12-13-14-15-22-27-34(40)41-28-32(39)35-36-33(43-38(44-35)31-25-20-17-21-26-31)29-42-37(45-36)30-23-18-16-19-24-30;1-27(2)19-13-9-7-5-3-4-6-8-10-18-24-32(38)39-25-30(37)33-34-31(41-36(42-33)29-22-16-12-17-23-29)26-40-35(43-34)28-20-14-11-15-21-28/h13-14,16-19,22-25,29,32-33,35-39H,3-12,15,20-21,26-28H2,1-2H3;16-21,23-26,32-33,35-39H,2-15,22,27-29H2,1H3;11-12,14-17,20-23,27,30-31,33-37H,3-10,13,18-19,24-26H2,1-2H3. The van der Waals surface area contributed by atoms with Crippen molar-refractivity contribution in [3.8, 4) is 0 Å². The Morgan fingerprint density at radius 2 is 0.459 bits per heavy atom. The Hall–Kier alpha value is -6.87. The van der Waals surface area contributed by atoms with Crippen molar-refractivity contribution >= 4 is 17.9 Å². The van der Waals surface area contributed by atoms with E-state index in [4.69, 9.17) is 71.1 Å². The second kappa shape index (κ2) is 64.3. The van der Waals surface area contributed by atoms with Gasteiger partial charge in [0.05, 0.1) is 19.8 Å². The van der Waals surface area contributed by atoms with Crippen LogP contribution in [0.4, 0.5) is 0 Å². The Balaban J connectivity index is 0.000000207. The van der Waals surface area contributed by atoms with Crippen LogP contribution >= 0.6 is 0 Å². The number of rotatable bonds is 59. The highest BCUT2D eigenvalue weighted by atomic mass is 16.8. The molecule has 0 bridgehead atoms. The van der Waals surface area contributed by atoms with Gasteiger partial charge in [0.15, 0.2) is 37.7 Å². The Labute approximate surface area is 796 Å². The van der Waals surface area contributed by atoms with Crippen molar-refractivity contribution in [1.82, 2.24) is 0 Å². The zero-order chi connectivity index (χ0) is 93.5. The summed E-state index contributed by atoms with van der Waals surface area (Å²) < 4.78 is 90.8. The summed E-state index contributed by atoms with van der Waals surface area (Å²) in [5, 5.41) is 33.6. The molecule has 18 unspecified atom stereocenters. The van der Waals surface area contributed by atoms with E-state index in [0.717, 1.165) is 103 Å². The van der Waals surface area contributed by atoms with E-state index in [1.165, 1.54) is 193 Å². The molecule has 21 heteroatoms. The molecule has 6 aliphatic heterocycles. The number of carbonyl (C=O) groups excluding carboxylic acids is 3. The fourth-order valence-corrected chi connectivity index (χ4v) is 18.2. The van der Waals surface area contributed by atoms with E-state index in [2.05, 4.69) is 34.6 Å². The van der Waals surface area contributed by atoms with Crippen LogP contribution in [0.15, 0.2) is 182 Å². The molecule has 0 spiro atoms. The first-order chi connectivity index (χ1) is 65.2. The van der Waals surface area contributed by atoms with Gasteiger partial charge in [0.25, 0.3) is 0 Å². The Kier molecular flexibility index (Phi) is 52.3. The number of hydrogen-bond donors (Lipinski definition) is 3. The van der Waals surface area contributed by atoms with Gasteiger partial charge < -0.3 is 86.4 Å². The van der Waals surface area contributed by atoms with Crippen LogP contribution in [0.25, 0.3) is 0 Å². The maximum absolute atomic E-state index is 12.5. The smallest absolute Gasteiger partial charge is 0.305 e. The average Bonchev–Trinajstić information content (AvgIpc) is 0.786. The summed E-state index contributed by atoms with van der Waals surface area (Å²) in [7, 11) is 0. The number of ether oxygens (including phenoxy) is 15. The first-order valence-corrected chi connectivity index (χ1v) is 51.7. The first kappa shape index (κ1) is 108. The van der Waals surface area contributed by atoms with Gasteiger partial charge in [-0.2, -0.15) is 0 Å². The molecule has 6 aliphatic rings. The molecule has 6 saturated heterocycles. The van der Waals surface area contributed by atoms with Crippen LogP contribution < -0.4 is 0 Å². The molecule has 6 fully saturated rings. The van der Waals surface area contributed by atoms with Crippen LogP contribution in [0.2, 0.25) is 0 Å². The van der Waals surface area contributed by atoms with E-state index in [-0.39, 0.29) is 44.3 Å². The van der Waals surface area contributed by atoms with Crippen LogP contribution in [-0.2, 0) is 85.4 Å². The van der Waals surface area contributed by atoms with Crippen LogP contribution in [0.3, 0.4) is 0 Å². The maximum atomic E-state index is 12.5. The van der Waals surface area contributed by atoms with Crippen LogP contribution in [0, 0.1) is 11.8 Å². The molecular weight excluding hydrogens is 1680 g/mol. The van der Waals surface area contributed by atoms with E-state index in [9.17, 15) is 29.7 Å². The highest BCUT2D eigenvalue weighted by Gasteiger charge is 2.52. The molecule has 6 aromatic rings. The Bertz CT molecular complexity index is 3940. The predicted octanol–water partition coefficient (Wildman–Crippen LogP) is 25.2. The SMILES string of the molecule is CC(C)CCCCCCCCCCCCC(=O)OCC(O)C1OC(c2ccccc2)OC2COC(c3ccccc3)OC21.CC(C)CCCCCCCCCCCCCCC(=O)OCC(O)C1OC(c2ccccc2)OC2COC(c3ccccc3)OC21.CCCCCCCCCCCCCCCCCC(=O)OCC(O)C1OC(c2ccccc2)OC2COC(c3ccccc3)OC21. The highest BCUT2D eigenvalue weighted by Crippen LogP contribution is 2.43. The van der Waals surface area contributed by atoms with Gasteiger partial charge in [-0.1, -0.05) is 448 Å². The summed E-state index contributed by atoms with van der Waals surface area (Å²) in [5.41, 5.74) is 5.14. The summed E-state index contributed by atoms with van der Waals surface area (Å²) in [6, 6.07) is 57.8. The van der Waals surface area contributed by atoms with Gasteiger partial charge >= 0.3 is 17.9 Å². The predicted molar refractivity (Wildman–Crippen MR) is 517 cm³/mol. The second-order valence-electron chi connectivity index (χ2n) is 38.2. The van der Waals surface area contributed by atoms with Gasteiger partial charge in [-0.05, 0) is 31.1 Å². The summed E-state index contributed by atoms with van der Waals surface area (Å²) in [6.07, 6.45) is 37.7. The molecule has 21 nitrogen and oxygen atoms in total. The molecule has 133 heavy (non-hydrogen) atoms. The highest BCUT2D eigenvalue weighted by molar-refractivity contribution is 5.70. The number of fused-ring (bicyclic) bond motifs is 3. The van der Waals surface area contributed by atoms with Crippen LogP contribution in [-0.4, -0.2) is 146 Å². The fourth-order valence-electron chi connectivity index (χ4n) is 18.2. The number of aliphatic hydroxyl groups is 3. The van der Waals surface area contributed by atoms with E-state index < -0.39 is 111 Å². The molecule has 18 atom stereocenters. The van der Waals surface area contributed by atoms with Gasteiger partial charge in [-0.15, -0.1) is 0 Å². The van der Waals surface area contributed by atoms with E-state index in [1.807, 2.05) is 182 Å². The van der Waals surface area contributed by atoms with Crippen molar-refractivity contribution in [3.05, 3.63) is 215 Å². The van der Waals surface area contributed by atoms with Crippen molar-refractivity contribution in [2.45, 2.75) is 415 Å². The minimum atomic E-state index is -1.08. The summed E-state index contributed by atoms with van der Waals surface area (Å²) >= 11 is 0. The molecule has 0 amide bonds. The number of esters is 3. The Morgan fingerprint density at radius 1 is 0.263 bits per heavy atom.